The van der Waals surface area contributed by atoms with Gasteiger partial charge in [-0.15, -0.1) is 33.2 Å². The summed E-state index contributed by atoms with van der Waals surface area (Å²) in [6.45, 7) is 1.07. The molecule has 0 radical (unpaired) electrons. The van der Waals surface area contributed by atoms with Crippen LogP contribution in [0.15, 0.2) is 0 Å². The summed E-state index contributed by atoms with van der Waals surface area (Å²) >= 11 is 17.6. The Kier molecular flexibility index (Phi) is 2.92. The van der Waals surface area contributed by atoms with Crippen LogP contribution in [0.1, 0.15) is 12.8 Å². The fraction of sp³-hybridized carbons (Fsp3) is 1.00. The van der Waals surface area contributed by atoms with E-state index in [4.69, 9.17) is 33.2 Å². The number of halogens is 3. The smallest absolute Gasteiger partial charge is 0.302 e. The van der Waals surface area contributed by atoms with E-state index in [1.807, 2.05) is 7.05 Å². The molecule has 1 saturated heterocycles. The molecular formula is C5H10Cl3NSi. The van der Waals surface area contributed by atoms with Crippen molar-refractivity contribution < 1.29 is 0 Å². The van der Waals surface area contributed by atoms with E-state index in [-0.39, 0.29) is 5.67 Å². The summed E-state index contributed by atoms with van der Waals surface area (Å²) in [5.74, 6) is 0. The molecule has 10 heavy (non-hydrogen) atoms. The van der Waals surface area contributed by atoms with Crippen molar-refractivity contribution in [2.24, 2.45) is 0 Å². The SMILES string of the molecule is CN1CCCC1[Si](Cl)(Cl)Cl. The van der Waals surface area contributed by atoms with Gasteiger partial charge in [0.25, 0.3) is 0 Å². The Labute approximate surface area is 76.4 Å². The van der Waals surface area contributed by atoms with Crippen LogP contribution in [0.5, 0.6) is 0 Å². The molecule has 0 bridgehead atoms. The van der Waals surface area contributed by atoms with Crippen LogP contribution in [0.4, 0.5) is 0 Å². The number of nitrogens with zero attached hydrogens (tertiary/aromatic N) is 1. The van der Waals surface area contributed by atoms with Gasteiger partial charge in [-0.1, -0.05) is 0 Å². The van der Waals surface area contributed by atoms with Crippen molar-refractivity contribution >= 4 is 39.2 Å². The van der Waals surface area contributed by atoms with Crippen molar-refractivity contribution in [1.29, 1.82) is 0 Å². The summed E-state index contributed by atoms with van der Waals surface area (Å²) in [7, 11) is 2.02. The lowest BCUT2D eigenvalue weighted by atomic mass is 10.4. The number of likely N-dealkylation sites (tertiary alicyclic amines) is 1. The Morgan fingerprint density at radius 2 is 2.00 bits per heavy atom. The molecule has 0 N–H and O–H groups in total. The van der Waals surface area contributed by atoms with Crippen molar-refractivity contribution in [3.63, 3.8) is 0 Å². The first-order valence-electron chi connectivity index (χ1n) is 3.29. The van der Waals surface area contributed by atoms with Crippen molar-refractivity contribution in [2.45, 2.75) is 18.5 Å². The van der Waals surface area contributed by atoms with E-state index in [1.165, 1.54) is 6.42 Å². The van der Waals surface area contributed by atoms with Crippen LogP contribution in [0, 0.1) is 0 Å². The second-order valence-corrected chi connectivity index (χ2v) is 11.5. The summed E-state index contributed by atoms with van der Waals surface area (Å²) in [6, 6.07) is -2.44. The summed E-state index contributed by atoms with van der Waals surface area (Å²) in [4.78, 5) is 2.15. The highest BCUT2D eigenvalue weighted by Gasteiger charge is 2.41. The predicted octanol–water partition coefficient (Wildman–Crippen LogP) is 2.28. The van der Waals surface area contributed by atoms with Gasteiger partial charge in [-0.05, 0) is 26.4 Å². The van der Waals surface area contributed by atoms with E-state index in [1.54, 1.807) is 0 Å². The fourth-order valence-corrected chi connectivity index (χ4v) is 4.97. The van der Waals surface area contributed by atoms with Crippen LogP contribution in [0.3, 0.4) is 0 Å². The zero-order valence-corrected chi connectivity index (χ0v) is 9.05. The maximum absolute atomic E-state index is 5.86. The van der Waals surface area contributed by atoms with Crippen molar-refractivity contribution in [2.75, 3.05) is 13.6 Å². The number of hydrogen-bond donors (Lipinski definition) is 0. The van der Waals surface area contributed by atoms with Crippen LogP contribution in [-0.4, -0.2) is 30.2 Å². The fourth-order valence-electron chi connectivity index (χ4n) is 1.32. The first-order valence-corrected chi connectivity index (χ1v) is 8.40. The normalized spacial score (nSPS) is 29.4. The summed E-state index contributed by atoms with van der Waals surface area (Å²) < 4.78 is 0. The molecule has 1 heterocycles. The topological polar surface area (TPSA) is 3.24 Å². The van der Waals surface area contributed by atoms with E-state index in [0.29, 0.717) is 0 Å². The summed E-state index contributed by atoms with van der Waals surface area (Å²) in [5, 5.41) is 0. The highest BCUT2D eigenvalue weighted by molar-refractivity contribution is 7.65. The molecule has 0 aromatic rings. The second-order valence-electron chi connectivity index (χ2n) is 2.68. The van der Waals surface area contributed by atoms with E-state index in [0.717, 1.165) is 13.0 Å². The van der Waals surface area contributed by atoms with Gasteiger partial charge in [-0.2, -0.15) is 0 Å². The molecule has 5 heteroatoms. The zero-order valence-electron chi connectivity index (χ0n) is 5.78. The minimum absolute atomic E-state index is 0.248. The lowest BCUT2D eigenvalue weighted by Crippen LogP contribution is -2.40. The van der Waals surface area contributed by atoms with Crippen molar-refractivity contribution in [3.05, 3.63) is 0 Å². The molecule has 0 aliphatic carbocycles. The monoisotopic (exact) mass is 217 g/mol. The molecule has 1 rings (SSSR count). The van der Waals surface area contributed by atoms with Crippen molar-refractivity contribution in [3.8, 4) is 0 Å². The molecule has 1 nitrogen and oxygen atoms in total. The highest BCUT2D eigenvalue weighted by Crippen LogP contribution is 2.33. The van der Waals surface area contributed by atoms with Gasteiger partial charge in [0.15, 0.2) is 0 Å². The molecule has 1 unspecified atom stereocenters. The molecule has 0 amide bonds. The molecule has 1 aliphatic heterocycles. The van der Waals surface area contributed by atoms with Gasteiger partial charge in [0, 0.05) is 5.67 Å². The second kappa shape index (κ2) is 3.19. The minimum Gasteiger partial charge on any atom is -0.302 e. The predicted molar refractivity (Wildman–Crippen MR) is 49.0 cm³/mol. The van der Waals surface area contributed by atoms with E-state index in [2.05, 4.69) is 4.90 Å². The number of hydrogen-bond acceptors (Lipinski definition) is 1. The van der Waals surface area contributed by atoms with Crippen LogP contribution in [0.2, 0.25) is 0 Å². The van der Waals surface area contributed by atoms with Crippen LogP contribution >= 0.6 is 33.2 Å². The van der Waals surface area contributed by atoms with Gasteiger partial charge in [0.05, 0.1) is 0 Å². The van der Waals surface area contributed by atoms with Gasteiger partial charge in [0.2, 0.25) is 0 Å². The Morgan fingerprint density at radius 3 is 2.20 bits per heavy atom. The zero-order chi connectivity index (χ0) is 7.78. The lowest BCUT2D eigenvalue weighted by Gasteiger charge is -2.23. The van der Waals surface area contributed by atoms with Crippen molar-refractivity contribution in [1.82, 2.24) is 4.90 Å². The quantitative estimate of drug-likeness (QED) is 0.482. The van der Waals surface area contributed by atoms with E-state index in [9.17, 15) is 0 Å². The maximum Gasteiger partial charge on any atom is 0.357 e. The molecule has 1 atom stereocenters. The van der Waals surface area contributed by atoms with Gasteiger partial charge < -0.3 is 4.90 Å². The molecule has 0 saturated carbocycles. The molecular weight excluding hydrogens is 209 g/mol. The van der Waals surface area contributed by atoms with Gasteiger partial charge in [0.1, 0.15) is 0 Å². The largest absolute Gasteiger partial charge is 0.357 e. The third-order valence-electron chi connectivity index (χ3n) is 1.90. The Morgan fingerprint density at radius 1 is 1.40 bits per heavy atom. The van der Waals surface area contributed by atoms with Gasteiger partial charge >= 0.3 is 6.00 Å². The molecule has 0 aromatic carbocycles. The van der Waals surface area contributed by atoms with Crippen LogP contribution < -0.4 is 0 Å². The van der Waals surface area contributed by atoms with Crippen LogP contribution in [0.25, 0.3) is 0 Å². The highest BCUT2D eigenvalue weighted by atomic mass is 35.8. The van der Waals surface area contributed by atoms with E-state index >= 15 is 0 Å². The molecule has 0 spiro atoms. The van der Waals surface area contributed by atoms with Gasteiger partial charge in [-0.3, -0.25) is 0 Å². The Bertz CT molecular complexity index is 125. The third-order valence-corrected chi connectivity index (χ3v) is 5.65. The summed E-state index contributed by atoms with van der Waals surface area (Å²) in [5.41, 5.74) is 0.248. The number of rotatable bonds is 1. The third kappa shape index (κ3) is 2.02. The Hall–Kier alpha value is 1.05. The molecule has 1 aliphatic rings. The van der Waals surface area contributed by atoms with Crippen LogP contribution in [-0.2, 0) is 0 Å². The average Bonchev–Trinajstić information content (AvgIpc) is 2.11. The molecule has 1 fully saturated rings. The lowest BCUT2D eigenvalue weighted by molar-refractivity contribution is 0.381. The molecule has 0 aromatic heterocycles. The average molecular weight is 219 g/mol. The summed E-state index contributed by atoms with van der Waals surface area (Å²) in [6.07, 6.45) is 2.22. The Balaban J connectivity index is 2.55. The maximum atomic E-state index is 5.86. The minimum atomic E-state index is -2.44. The van der Waals surface area contributed by atoms with E-state index < -0.39 is 6.00 Å². The van der Waals surface area contributed by atoms with Gasteiger partial charge in [-0.25, -0.2) is 0 Å². The molecule has 60 valence electrons. The first kappa shape index (κ1) is 9.14. The standard InChI is InChI=1S/C5H10Cl3NSi/c1-9-4-2-3-5(9)10(6,7)8/h5H,2-4H2,1H3. The first-order chi connectivity index (χ1) is 4.52.